The molecule has 0 heterocycles. The zero-order chi connectivity index (χ0) is 10.1. The van der Waals surface area contributed by atoms with Crippen molar-refractivity contribution in [2.75, 3.05) is 0 Å². The Hall–Kier alpha value is -1.01. The highest BCUT2D eigenvalue weighted by Crippen LogP contribution is 2.26. The molecule has 2 rings (SSSR count). The molecule has 0 aliphatic carbocycles. The predicted molar refractivity (Wildman–Crippen MR) is 61.7 cm³/mol. The number of fused-ring (bicyclic) bond motifs is 1. The maximum absolute atomic E-state index is 10.8. The lowest BCUT2D eigenvalue weighted by Crippen LogP contribution is -1.97. The fraction of sp³-hybridized carbons (Fsp3) is 0. The van der Waals surface area contributed by atoms with Crippen LogP contribution in [0.3, 0.4) is 0 Å². The largest absolute Gasteiger partial charge is 0.478 e. The number of rotatable bonds is 1. The van der Waals surface area contributed by atoms with E-state index in [1.54, 1.807) is 6.07 Å². The second kappa shape index (κ2) is 4.67. The second-order valence-corrected chi connectivity index (χ2v) is 3.33. The molecule has 0 spiro atoms. The summed E-state index contributed by atoms with van der Waals surface area (Å²) in [7, 11) is 0. The van der Waals surface area contributed by atoms with Gasteiger partial charge in [-0.2, -0.15) is 0 Å². The molecule has 73 valence electrons. The molecule has 2 aromatic rings. The Labute approximate surface area is 103 Å². The molecule has 0 saturated heterocycles. The third kappa shape index (κ3) is 2.15. The fourth-order valence-electron chi connectivity index (χ4n) is 1.40. The van der Waals surface area contributed by atoms with Crippen LogP contribution in [-0.2, 0) is 0 Å². The van der Waals surface area contributed by atoms with Gasteiger partial charge in [0.1, 0.15) is 0 Å². The number of hydrogen-bond donors (Lipinski definition) is 1. The van der Waals surface area contributed by atoms with E-state index in [2.05, 4.69) is 0 Å². The Morgan fingerprint density at radius 1 is 1.13 bits per heavy atom. The van der Waals surface area contributed by atoms with Crippen LogP contribution in [0.1, 0.15) is 10.4 Å². The van der Waals surface area contributed by atoms with E-state index in [1.807, 2.05) is 24.3 Å². The zero-order valence-corrected chi connectivity index (χ0v) is 9.69. The number of aromatic carboxylic acids is 1. The lowest BCUT2D eigenvalue weighted by molar-refractivity contribution is 0.0697. The Bertz CT molecular complexity index is 511. The number of benzene rings is 2. The monoisotopic (exact) mass is 233 g/mol. The highest BCUT2D eigenvalue weighted by molar-refractivity contribution is 6.38. The average molecular weight is 234 g/mol. The Morgan fingerprint density at radius 2 is 1.80 bits per heavy atom. The van der Waals surface area contributed by atoms with Gasteiger partial charge in [-0.25, -0.2) is 4.79 Å². The number of carboxylic acid groups (broad SMARTS) is 1. The summed E-state index contributed by atoms with van der Waals surface area (Å²) in [4.78, 5) is 10.8. The van der Waals surface area contributed by atoms with Gasteiger partial charge < -0.3 is 5.11 Å². The lowest BCUT2D eigenvalue weighted by atomic mass is 10.1. The molecule has 15 heavy (non-hydrogen) atoms. The molecule has 0 aliphatic rings. The van der Waals surface area contributed by atoms with Crippen molar-refractivity contribution >= 4 is 45.7 Å². The van der Waals surface area contributed by atoms with E-state index in [0.717, 1.165) is 10.8 Å². The van der Waals surface area contributed by atoms with Crippen molar-refractivity contribution in [2.45, 2.75) is 0 Å². The molecule has 0 aliphatic heterocycles. The number of carboxylic acids is 1. The van der Waals surface area contributed by atoms with E-state index >= 15 is 0 Å². The maximum atomic E-state index is 10.8. The molecule has 0 fully saturated rings. The predicted octanol–water partition coefficient (Wildman–Crippen LogP) is 2.81. The molecular formula is C11H7AlClO2. The number of carbonyl (C=O) groups is 1. The molecule has 2 nitrogen and oxygen atoms in total. The number of halogens is 1. The van der Waals surface area contributed by atoms with Gasteiger partial charge in [-0.3, -0.25) is 0 Å². The van der Waals surface area contributed by atoms with E-state index in [1.165, 1.54) is 6.07 Å². The molecule has 1 N–H and O–H groups in total. The average Bonchev–Trinajstić information content (AvgIpc) is 2.18. The van der Waals surface area contributed by atoms with Gasteiger partial charge in [0.15, 0.2) is 0 Å². The van der Waals surface area contributed by atoms with Crippen LogP contribution in [0.4, 0.5) is 0 Å². The first-order chi connectivity index (χ1) is 6.70. The van der Waals surface area contributed by atoms with Gasteiger partial charge in [0.25, 0.3) is 0 Å². The first kappa shape index (κ1) is 12.1. The van der Waals surface area contributed by atoms with Crippen LogP contribution in [0.15, 0.2) is 36.4 Å². The summed E-state index contributed by atoms with van der Waals surface area (Å²) in [6.45, 7) is 0. The highest BCUT2D eigenvalue weighted by atomic mass is 35.5. The van der Waals surface area contributed by atoms with Crippen LogP contribution in [0.5, 0.6) is 0 Å². The fourth-order valence-corrected chi connectivity index (χ4v) is 1.71. The van der Waals surface area contributed by atoms with Crippen molar-refractivity contribution in [1.29, 1.82) is 0 Å². The first-order valence-corrected chi connectivity index (χ1v) is 4.48. The second-order valence-electron chi connectivity index (χ2n) is 2.95. The molecule has 0 atom stereocenters. The molecule has 0 saturated carbocycles. The van der Waals surface area contributed by atoms with Crippen LogP contribution in [-0.4, -0.2) is 28.4 Å². The van der Waals surface area contributed by atoms with Gasteiger partial charge in [0, 0.05) is 22.7 Å². The molecule has 4 heteroatoms. The highest BCUT2D eigenvalue weighted by Gasteiger charge is 2.10. The number of hydrogen-bond acceptors (Lipinski definition) is 1. The molecule has 0 bridgehead atoms. The summed E-state index contributed by atoms with van der Waals surface area (Å²) in [5, 5.41) is 10.9. The summed E-state index contributed by atoms with van der Waals surface area (Å²) >= 11 is 5.96. The third-order valence-electron chi connectivity index (χ3n) is 2.09. The maximum Gasteiger partial charge on any atom is 0.337 e. The van der Waals surface area contributed by atoms with Crippen LogP contribution in [0.25, 0.3) is 10.8 Å². The van der Waals surface area contributed by atoms with Crippen LogP contribution < -0.4 is 0 Å². The Balaban J connectivity index is 0.00000112. The first-order valence-electron chi connectivity index (χ1n) is 4.10. The van der Waals surface area contributed by atoms with E-state index < -0.39 is 5.97 Å². The van der Waals surface area contributed by atoms with Crippen molar-refractivity contribution in [3.63, 3.8) is 0 Å². The van der Waals surface area contributed by atoms with E-state index in [0.29, 0.717) is 5.02 Å². The van der Waals surface area contributed by atoms with Gasteiger partial charge in [-0.1, -0.05) is 41.9 Å². The van der Waals surface area contributed by atoms with E-state index in [4.69, 9.17) is 16.7 Å². The van der Waals surface area contributed by atoms with Crippen molar-refractivity contribution in [2.24, 2.45) is 0 Å². The van der Waals surface area contributed by atoms with Gasteiger partial charge >= 0.3 is 5.97 Å². The van der Waals surface area contributed by atoms with E-state index in [9.17, 15) is 4.79 Å². The third-order valence-corrected chi connectivity index (χ3v) is 2.50. The van der Waals surface area contributed by atoms with Crippen LogP contribution in [0, 0.1) is 0 Å². The van der Waals surface area contributed by atoms with Crippen LogP contribution in [0.2, 0.25) is 5.02 Å². The van der Waals surface area contributed by atoms with E-state index in [-0.39, 0.29) is 22.9 Å². The Morgan fingerprint density at radius 3 is 2.47 bits per heavy atom. The van der Waals surface area contributed by atoms with Gasteiger partial charge in [-0.05, 0) is 11.5 Å². The molecule has 2 aromatic carbocycles. The van der Waals surface area contributed by atoms with Gasteiger partial charge in [0.05, 0.1) is 10.6 Å². The minimum Gasteiger partial charge on any atom is -0.478 e. The van der Waals surface area contributed by atoms with Gasteiger partial charge in [0.2, 0.25) is 0 Å². The summed E-state index contributed by atoms with van der Waals surface area (Å²) < 4.78 is 0. The summed E-state index contributed by atoms with van der Waals surface area (Å²) in [5.41, 5.74) is 0.144. The van der Waals surface area contributed by atoms with Crippen LogP contribution >= 0.6 is 11.6 Å². The normalized spacial score (nSPS) is 9.67. The van der Waals surface area contributed by atoms with Crippen molar-refractivity contribution in [3.05, 3.63) is 47.0 Å². The van der Waals surface area contributed by atoms with Crippen molar-refractivity contribution in [3.8, 4) is 0 Å². The molecule has 0 aromatic heterocycles. The lowest BCUT2D eigenvalue weighted by Gasteiger charge is -2.03. The summed E-state index contributed by atoms with van der Waals surface area (Å²) in [6, 6.07) is 10.7. The minimum absolute atomic E-state index is 0. The van der Waals surface area contributed by atoms with Crippen molar-refractivity contribution < 1.29 is 9.90 Å². The quantitative estimate of drug-likeness (QED) is 0.769. The van der Waals surface area contributed by atoms with Crippen molar-refractivity contribution in [1.82, 2.24) is 0 Å². The minimum atomic E-state index is -0.999. The summed E-state index contributed by atoms with van der Waals surface area (Å²) in [5.74, 6) is -0.999. The topological polar surface area (TPSA) is 37.3 Å². The SMILES string of the molecule is O=C(O)c1ccc2ccccc2c1Cl.[Al]. The molecular weight excluding hydrogens is 227 g/mol. The molecule has 0 amide bonds. The molecule has 0 unspecified atom stereocenters. The standard InChI is InChI=1S/C11H7ClO2.Al/c12-10-8-4-2-1-3-7(8)5-6-9(10)11(13)14;/h1-6H,(H,13,14);. The smallest absolute Gasteiger partial charge is 0.337 e. The zero-order valence-electron chi connectivity index (χ0n) is 7.77. The Kier molecular flexibility index (Phi) is 3.76. The van der Waals surface area contributed by atoms with Gasteiger partial charge in [-0.15, -0.1) is 0 Å². The summed E-state index contributed by atoms with van der Waals surface area (Å²) in [6.07, 6.45) is 0. The molecule has 3 radical (unpaired) electrons.